The number of H-pyrrole nitrogens is 1. The van der Waals surface area contributed by atoms with E-state index in [-0.39, 0.29) is 0 Å². The van der Waals surface area contributed by atoms with Gasteiger partial charge in [-0.1, -0.05) is 11.6 Å². The van der Waals surface area contributed by atoms with Crippen LogP contribution >= 0.6 is 22.9 Å². The van der Waals surface area contributed by atoms with E-state index in [9.17, 15) is 9.59 Å². The molecular formula is C22H15ClN4O3S. The lowest BCUT2D eigenvalue weighted by atomic mass is 10.2. The van der Waals surface area contributed by atoms with Crippen LogP contribution in [0.4, 0.5) is 0 Å². The summed E-state index contributed by atoms with van der Waals surface area (Å²) in [7, 11) is 1.57. The molecule has 7 nitrogen and oxygen atoms in total. The average Bonchev–Trinajstić information content (AvgIpc) is 3.18. The Bertz CT molecular complexity index is 1600. The number of benzene rings is 1. The first-order valence-electron chi connectivity index (χ1n) is 9.31. The third-order valence-electron chi connectivity index (χ3n) is 4.97. The van der Waals surface area contributed by atoms with Gasteiger partial charge >= 0.3 is 5.69 Å². The Morgan fingerprint density at radius 3 is 2.77 bits per heavy atom. The molecule has 1 aromatic carbocycles. The highest BCUT2D eigenvalue weighted by Gasteiger charge is 2.17. The molecule has 4 aromatic heterocycles. The van der Waals surface area contributed by atoms with Gasteiger partial charge in [0.2, 0.25) is 0 Å². The van der Waals surface area contributed by atoms with Crippen LogP contribution in [-0.2, 0) is 0 Å². The normalized spacial score (nSPS) is 11.3. The van der Waals surface area contributed by atoms with E-state index in [1.54, 1.807) is 37.6 Å². The first-order valence-corrected chi connectivity index (χ1v) is 10.5. The summed E-state index contributed by atoms with van der Waals surface area (Å²) in [6.45, 7) is 1.85. The summed E-state index contributed by atoms with van der Waals surface area (Å²) in [5.74, 6) is 0.644. The van der Waals surface area contributed by atoms with Crippen LogP contribution in [0.25, 0.3) is 37.2 Å². The van der Waals surface area contributed by atoms with Gasteiger partial charge in [-0.2, -0.15) is 0 Å². The quantitative estimate of drug-likeness (QED) is 0.442. The van der Waals surface area contributed by atoms with Crippen molar-refractivity contribution < 1.29 is 4.74 Å². The minimum Gasteiger partial charge on any atom is -0.497 e. The second-order valence-electron chi connectivity index (χ2n) is 6.95. The Labute approximate surface area is 184 Å². The van der Waals surface area contributed by atoms with E-state index in [0.717, 1.165) is 26.1 Å². The Kier molecular flexibility index (Phi) is 4.60. The average molecular weight is 451 g/mol. The standard InChI is InChI=1S/C22H15ClN4O3S/c1-11-3-4-12-9-24-10-17(19(12)25-11)27-21(28)20-16(26-22(27)29)8-18(31-20)14-7-13(30-2)5-6-15(14)23/h3-10H,1-2H3,(H,26,29). The number of ether oxygens (including phenoxy) is 1. The third-order valence-corrected chi connectivity index (χ3v) is 6.46. The molecule has 4 heterocycles. The van der Waals surface area contributed by atoms with Crippen molar-refractivity contribution in [1.82, 2.24) is 19.5 Å². The summed E-state index contributed by atoms with van der Waals surface area (Å²) in [5, 5.41) is 1.26. The molecule has 31 heavy (non-hydrogen) atoms. The number of hydrogen-bond acceptors (Lipinski definition) is 6. The van der Waals surface area contributed by atoms with E-state index in [0.29, 0.717) is 32.2 Å². The minimum atomic E-state index is -0.559. The van der Waals surface area contributed by atoms with Crippen LogP contribution in [0.15, 0.2) is 58.4 Å². The first kappa shape index (κ1) is 19.5. The van der Waals surface area contributed by atoms with Crippen molar-refractivity contribution in [3.05, 3.63) is 80.3 Å². The highest BCUT2D eigenvalue weighted by molar-refractivity contribution is 7.22. The predicted molar refractivity (Wildman–Crippen MR) is 123 cm³/mol. The van der Waals surface area contributed by atoms with Crippen LogP contribution in [0, 0.1) is 6.92 Å². The topological polar surface area (TPSA) is 89.9 Å². The molecule has 0 saturated heterocycles. The molecular weight excluding hydrogens is 436 g/mol. The Hall–Kier alpha value is -3.49. The second-order valence-corrected chi connectivity index (χ2v) is 8.41. The van der Waals surface area contributed by atoms with Crippen molar-refractivity contribution >= 4 is 44.1 Å². The van der Waals surface area contributed by atoms with E-state index in [4.69, 9.17) is 16.3 Å². The molecule has 1 N–H and O–H groups in total. The fraction of sp³-hybridized carbons (Fsp3) is 0.0909. The van der Waals surface area contributed by atoms with Crippen LogP contribution in [0.1, 0.15) is 5.69 Å². The fourth-order valence-corrected chi connectivity index (χ4v) is 4.82. The van der Waals surface area contributed by atoms with Gasteiger partial charge in [0.05, 0.1) is 30.0 Å². The lowest BCUT2D eigenvalue weighted by molar-refractivity contribution is 0.415. The maximum Gasteiger partial charge on any atom is 0.333 e. The lowest BCUT2D eigenvalue weighted by Gasteiger charge is -2.08. The number of aryl methyl sites for hydroxylation is 1. The van der Waals surface area contributed by atoms with E-state index >= 15 is 0 Å². The van der Waals surface area contributed by atoms with E-state index in [1.165, 1.54) is 17.5 Å². The number of methoxy groups -OCH3 is 1. The van der Waals surface area contributed by atoms with Gasteiger partial charge in [0.15, 0.2) is 0 Å². The van der Waals surface area contributed by atoms with Gasteiger partial charge in [-0.3, -0.25) is 14.8 Å². The summed E-state index contributed by atoms with van der Waals surface area (Å²) < 4.78 is 6.77. The molecule has 5 rings (SSSR count). The molecule has 0 amide bonds. The third kappa shape index (κ3) is 3.20. The highest BCUT2D eigenvalue weighted by atomic mass is 35.5. The number of halogens is 1. The Balaban J connectivity index is 1.78. The molecule has 0 aliphatic rings. The number of thiophene rings is 1. The van der Waals surface area contributed by atoms with Crippen LogP contribution < -0.4 is 16.0 Å². The monoisotopic (exact) mass is 450 g/mol. The number of nitrogens with zero attached hydrogens (tertiary/aromatic N) is 3. The number of aromatic nitrogens is 4. The maximum atomic E-state index is 13.4. The van der Waals surface area contributed by atoms with Gasteiger partial charge in [-0.25, -0.2) is 9.36 Å². The summed E-state index contributed by atoms with van der Waals surface area (Å²) >= 11 is 7.63. The molecule has 0 radical (unpaired) electrons. The largest absolute Gasteiger partial charge is 0.497 e. The minimum absolute atomic E-state index is 0.337. The van der Waals surface area contributed by atoms with Gasteiger partial charge in [0, 0.05) is 32.7 Å². The molecule has 0 fully saturated rings. The number of hydrogen-bond donors (Lipinski definition) is 1. The molecule has 0 atom stereocenters. The smallest absolute Gasteiger partial charge is 0.333 e. The molecule has 0 aliphatic carbocycles. The molecule has 9 heteroatoms. The molecule has 0 unspecified atom stereocenters. The molecule has 0 bridgehead atoms. The van der Waals surface area contributed by atoms with Gasteiger partial charge in [-0.05, 0) is 43.3 Å². The molecule has 0 saturated carbocycles. The van der Waals surface area contributed by atoms with Crippen LogP contribution in [0.3, 0.4) is 0 Å². The predicted octanol–water partition coefficient (Wildman–Crippen LogP) is 4.32. The van der Waals surface area contributed by atoms with Crippen LogP contribution in [0.5, 0.6) is 5.75 Å². The Morgan fingerprint density at radius 1 is 1.13 bits per heavy atom. The highest BCUT2D eigenvalue weighted by Crippen LogP contribution is 2.37. The Morgan fingerprint density at radius 2 is 1.97 bits per heavy atom. The fourth-order valence-electron chi connectivity index (χ4n) is 3.47. The van der Waals surface area contributed by atoms with E-state index in [1.807, 2.05) is 19.1 Å². The number of rotatable bonds is 3. The van der Waals surface area contributed by atoms with Gasteiger partial charge in [0.1, 0.15) is 10.4 Å². The van der Waals surface area contributed by atoms with Crippen molar-refractivity contribution in [3.63, 3.8) is 0 Å². The number of nitrogens with one attached hydrogen (secondary N) is 1. The van der Waals surface area contributed by atoms with Crippen LogP contribution in [0.2, 0.25) is 5.02 Å². The first-order chi connectivity index (χ1) is 15.0. The van der Waals surface area contributed by atoms with Gasteiger partial charge in [0.25, 0.3) is 5.56 Å². The summed E-state index contributed by atoms with van der Waals surface area (Å²) in [6.07, 6.45) is 3.13. The van der Waals surface area contributed by atoms with Gasteiger partial charge < -0.3 is 9.72 Å². The van der Waals surface area contributed by atoms with Crippen LogP contribution in [-0.4, -0.2) is 26.6 Å². The lowest BCUT2D eigenvalue weighted by Crippen LogP contribution is -2.33. The zero-order chi connectivity index (χ0) is 21.7. The zero-order valence-electron chi connectivity index (χ0n) is 16.5. The number of aromatic amines is 1. The van der Waals surface area contributed by atoms with Crippen molar-refractivity contribution in [1.29, 1.82) is 0 Å². The molecule has 0 spiro atoms. The van der Waals surface area contributed by atoms with Gasteiger partial charge in [-0.15, -0.1) is 11.3 Å². The molecule has 0 aliphatic heterocycles. The van der Waals surface area contributed by atoms with Crippen molar-refractivity contribution in [2.45, 2.75) is 6.92 Å². The summed E-state index contributed by atoms with van der Waals surface area (Å²) in [4.78, 5) is 38.5. The SMILES string of the molecule is COc1ccc(Cl)c(-c2cc3[nH]c(=O)n(-c4cncc5ccc(C)nc45)c(=O)c3s2)c1. The van der Waals surface area contributed by atoms with Crippen molar-refractivity contribution in [3.8, 4) is 21.9 Å². The summed E-state index contributed by atoms with van der Waals surface area (Å²) in [5.41, 5.74) is 1.82. The van der Waals surface area contributed by atoms with E-state index < -0.39 is 11.2 Å². The van der Waals surface area contributed by atoms with E-state index in [2.05, 4.69) is 15.0 Å². The second kappa shape index (κ2) is 7.33. The van der Waals surface area contributed by atoms with Crippen molar-refractivity contribution in [2.75, 3.05) is 7.11 Å². The summed E-state index contributed by atoms with van der Waals surface area (Å²) in [6, 6.07) is 10.8. The van der Waals surface area contributed by atoms with Crippen molar-refractivity contribution in [2.24, 2.45) is 0 Å². The molecule has 154 valence electrons. The molecule has 5 aromatic rings. The number of fused-ring (bicyclic) bond motifs is 2. The number of pyridine rings is 2. The maximum absolute atomic E-state index is 13.4. The zero-order valence-corrected chi connectivity index (χ0v) is 18.0.